The zero-order chi connectivity index (χ0) is 19.6. The number of hydrogen-bond acceptors (Lipinski definition) is 6. The minimum Gasteiger partial charge on any atom is -0.475 e. The predicted molar refractivity (Wildman–Crippen MR) is 99.2 cm³/mol. The number of carbonyl (C=O) groups is 1. The first-order chi connectivity index (χ1) is 12.9. The molecule has 3 rings (SSSR count). The van der Waals surface area contributed by atoms with Gasteiger partial charge in [0, 0.05) is 6.54 Å². The maximum absolute atomic E-state index is 12.6. The van der Waals surface area contributed by atoms with Gasteiger partial charge in [-0.3, -0.25) is 14.9 Å². The van der Waals surface area contributed by atoms with Crippen molar-refractivity contribution in [2.24, 2.45) is 0 Å². The Bertz CT molecular complexity index is 1090. The number of benzene rings is 2. The smallest absolute Gasteiger partial charge is 0.372 e. The molecule has 0 amide bonds. The van der Waals surface area contributed by atoms with Gasteiger partial charge in [0.1, 0.15) is 5.69 Å². The van der Waals surface area contributed by atoms with Crippen LogP contribution in [0, 0.1) is 10.1 Å². The number of nitro benzene ring substituents is 1. The molecule has 0 radical (unpaired) electrons. The highest BCUT2D eigenvalue weighted by atomic mass is 16.6. The number of carboxylic acid groups (broad SMARTS) is 1. The molecule has 0 saturated heterocycles. The molecule has 0 saturated carbocycles. The van der Waals surface area contributed by atoms with Crippen molar-refractivity contribution >= 4 is 28.3 Å². The topological polar surface area (TPSA) is 123 Å². The van der Waals surface area contributed by atoms with Gasteiger partial charge in [-0.1, -0.05) is 37.3 Å². The zero-order valence-electron chi connectivity index (χ0n) is 14.4. The molecule has 0 bridgehead atoms. The Kier molecular flexibility index (Phi) is 4.89. The van der Waals surface area contributed by atoms with Gasteiger partial charge in [0.2, 0.25) is 11.3 Å². The van der Waals surface area contributed by atoms with Crippen LogP contribution >= 0.6 is 0 Å². The van der Waals surface area contributed by atoms with E-state index in [9.17, 15) is 24.8 Å². The van der Waals surface area contributed by atoms with Gasteiger partial charge in [0.15, 0.2) is 5.43 Å². The highest BCUT2D eigenvalue weighted by molar-refractivity contribution is 5.95. The highest BCUT2D eigenvalue weighted by Gasteiger charge is 2.26. The number of carboxylic acids is 1. The molecule has 1 heterocycles. The van der Waals surface area contributed by atoms with E-state index in [2.05, 4.69) is 5.32 Å². The van der Waals surface area contributed by atoms with Crippen LogP contribution in [-0.2, 0) is 13.0 Å². The van der Waals surface area contributed by atoms with Gasteiger partial charge >= 0.3 is 11.7 Å². The molecule has 0 spiro atoms. The molecule has 0 atom stereocenters. The summed E-state index contributed by atoms with van der Waals surface area (Å²) in [6, 6.07) is 12.1. The Labute approximate surface area is 153 Å². The molecular formula is C19H16N2O6. The molecule has 0 unspecified atom stereocenters. The first-order valence-corrected chi connectivity index (χ1v) is 8.22. The van der Waals surface area contributed by atoms with E-state index >= 15 is 0 Å². The second-order valence-electron chi connectivity index (χ2n) is 5.83. The second kappa shape index (κ2) is 7.28. The van der Waals surface area contributed by atoms with Crippen LogP contribution in [-0.4, -0.2) is 16.0 Å². The summed E-state index contributed by atoms with van der Waals surface area (Å²) in [6.07, 6.45) is 0.141. The standard InChI is InChI=1S/C19H16N2O6/c1-2-12-16(22)13-8-9-14(20-10-11-6-4-3-5-7-11)15(21(25)26)17(13)27-18(12)19(23)24/h3-9,20H,2,10H2,1H3,(H,23,24). The van der Waals surface area contributed by atoms with Crippen molar-refractivity contribution in [1.29, 1.82) is 0 Å². The number of hydrogen-bond donors (Lipinski definition) is 2. The van der Waals surface area contributed by atoms with Gasteiger partial charge in [-0.25, -0.2) is 4.79 Å². The summed E-state index contributed by atoms with van der Waals surface area (Å²) in [6.45, 7) is 1.94. The highest BCUT2D eigenvalue weighted by Crippen LogP contribution is 2.34. The maximum atomic E-state index is 12.6. The molecule has 3 aromatic rings. The monoisotopic (exact) mass is 368 g/mol. The lowest BCUT2D eigenvalue weighted by molar-refractivity contribution is -0.382. The van der Waals surface area contributed by atoms with E-state index in [-0.39, 0.29) is 28.6 Å². The molecule has 2 N–H and O–H groups in total. The van der Waals surface area contributed by atoms with E-state index in [0.29, 0.717) is 6.54 Å². The van der Waals surface area contributed by atoms with E-state index in [1.54, 1.807) is 6.92 Å². The van der Waals surface area contributed by atoms with Crippen molar-refractivity contribution in [1.82, 2.24) is 0 Å². The fourth-order valence-corrected chi connectivity index (χ4v) is 2.89. The Morgan fingerprint density at radius 3 is 2.52 bits per heavy atom. The molecule has 8 heteroatoms. The number of anilines is 1. The molecule has 8 nitrogen and oxygen atoms in total. The van der Waals surface area contributed by atoms with E-state index < -0.39 is 27.8 Å². The average molecular weight is 368 g/mol. The minimum atomic E-state index is -1.44. The Morgan fingerprint density at radius 1 is 1.22 bits per heavy atom. The third kappa shape index (κ3) is 3.37. The Hall–Kier alpha value is -3.68. The Morgan fingerprint density at radius 2 is 1.93 bits per heavy atom. The summed E-state index contributed by atoms with van der Waals surface area (Å²) in [5, 5.41) is 23.9. The van der Waals surface area contributed by atoms with Crippen LogP contribution in [0.1, 0.15) is 28.6 Å². The normalized spacial score (nSPS) is 10.7. The number of nitrogens with one attached hydrogen (secondary N) is 1. The molecule has 0 fully saturated rings. The van der Waals surface area contributed by atoms with Gasteiger partial charge in [-0.15, -0.1) is 0 Å². The molecule has 2 aromatic carbocycles. The maximum Gasteiger partial charge on any atom is 0.372 e. The van der Waals surface area contributed by atoms with Gasteiger partial charge in [-0.2, -0.15) is 0 Å². The van der Waals surface area contributed by atoms with E-state index in [1.807, 2.05) is 30.3 Å². The predicted octanol–water partition coefficient (Wildman–Crippen LogP) is 3.57. The summed E-state index contributed by atoms with van der Waals surface area (Å²) < 4.78 is 5.33. The van der Waals surface area contributed by atoms with Crippen molar-refractivity contribution in [2.75, 3.05) is 5.32 Å². The largest absolute Gasteiger partial charge is 0.475 e. The number of rotatable bonds is 6. The molecule has 0 aliphatic rings. The van der Waals surface area contributed by atoms with Crippen LogP contribution in [0.4, 0.5) is 11.4 Å². The van der Waals surface area contributed by atoms with Crippen molar-refractivity contribution in [3.63, 3.8) is 0 Å². The molecule has 0 aliphatic carbocycles. The fraction of sp³-hybridized carbons (Fsp3) is 0.158. The van der Waals surface area contributed by atoms with Crippen LogP contribution in [0.3, 0.4) is 0 Å². The lowest BCUT2D eigenvalue weighted by Gasteiger charge is -2.10. The first kappa shape index (κ1) is 18.1. The molecule has 1 aromatic heterocycles. The third-order valence-electron chi connectivity index (χ3n) is 4.18. The van der Waals surface area contributed by atoms with Gasteiger partial charge in [0.05, 0.1) is 15.9 Å². The van der Waals surface area contributed by atoms with Crippen LogP contribution < -0.4 is 10.7 Å². The minimum absolute atomic E-state index is 0.0192. The number of nitro groups is 1. The fourth-order valence-electron chi connectivity index (χ4n) is 2.89. The van der Waals surface area contributed by atoms with Gasteiger partial charge in [-0.05, 0) is 24.1 Å². The molecule has 138 valence electrons. The summed E-state index contributed by atoms with van der Waals surface area (Å²) in [5.41, 5.74) is -0.368. The molecular weight excluding hydrogens is 352 g/mol. The van der Waals surface area contributed by atoms with E-state index in [1.165, 1.54) is 12.1 Å². The lowest BCUT2D eigenvalue weighted by atomic mass is 10.1. The summed E-state index contributed by atoms with van der Waals surface area (Å²) in [5.74, 6) is -2.01. The van der Waals surface area contributed by atoms with Crippen LogP contribution in [0.5, 0.6) is 0 Å². The third-order valence-corrected chi connectivity index (χ3v) is 4.18. The van der Waals surface area contributed by atoms with Crippen LogP contribution in [0.2, 0.25) is 0 Å². The summed E-state index contributed by atoms with van der Waals surface area (Å²) in [7, 11) is 0. The summed E-state index contributed by atoms with van der Waals surface area (Å²) in [4.78, 5) is 35.0. The van der Waals surface area contributed by atoms with Crippen LogP contribution in [0.25, 0.3) is 11.0 Å². The van der Waals surface area contributed by atoms with E-state index in [4.69, 9.17) is 4.42 Å². The average Bonchev–Trinajstić information content (AvgIpc) is 2.66. The van der Waals surface area contributed by atoms with Crippen LogP contribution in [0.15, 0.2) is 51.7 Å². The molecule has 27 heavy (non-hydrogen) atoms. The summed E-state index contributed by atoms with van der Waals surface area (Å²) >= 11 is 0. The van der Waals surface area contributed by atoms with Gasteiger partial charge in [0.25, 0.3) is 0 Å². The van der Waals surface area contributed by atoms with Gasteiger partial charge < -0.3 is 14.8 Å². The number of aromatic carboxylic acids is 1. The molecule has 0 aliphatic heterocycles. The number of fused-ring (bicyclic) bond motifs is 1. The number of nitrogens with zero attached hydrogens (tertiary/aromatic N) is 1. The first-order valence-electron chi connectivity index (χ1n) is 8.22. The van der Waals surface area contributed by atoms with Crippen molar-refractivity contribution in [3.8, 4) is 0 Å². The van der Waals surface area contributed by atoms with Crippen molar-refractivity contribution in [2.45, 2.75) is 19.9 Å². The second-order valence-corrected chi connectivity index (χ2v) is 5.83. The zero-order valence-corrected chi connectivity index (χ0v) is 14.4. The quantitative estimate of drug-likeness (QED) is 0.503. The van der Waals surface area contributed by atoms with Crippen molar-refractivity contribution in [3.05, 3.63) is 79.7 Å². The van der Waals surface area contributed by atoms with Crippen molar-refractivity contribution < 1.29 is 19.2 Å². The Balaban J connectivity index is 2.19. The SMILES string of the molecule is CCc1c(C(=O)O)oc2c([N+](=O)[O-])c(NCc3ccccc3)ccc2c1=O. The lowest BCUT2D eigenvalue weighted by Crippen LogP contribution is -2.16. The van der Waals surface area contributed by atoms with E-state index in [0.717, 1.165) is 5.56 Å².